The number of rotatable bonds is 59. The highest BCUT2D eigenvalue weighted by molar-refractivity contribution is 5.71. The maximum absolute atomic E-state index is 12.9. The van der Waals surface area contributed by atoms with Gasteiger partial charge >= 0.3 is 17.9 Å². The van der Waals surface area contributed by atoms with Gasteiger partial charge in [0, 0.05) is 19.3 Å². The Balaban J connectivity index is 4.26. The zero-order valence-corrected chi connectivity index (χ0v) is 48.9. The molecule has 0 aliphatic rings. The van der Waals surface area contributed by atoms with Crippen LogP contribution >= 0.6 is 0 Å². The Labute approximate surface area is 444 Å². The van der Waals surface area contributed by atoms with Gasteiger partial charge in [-0.1, -0.05) is 330 Å². The number of unbranched alkanes of at least 4 members (excludes halogenated alkanes) is 44. The molecule has 0 spiro atoms. The monoisotopic (exact) mass is 1000 g/mol. The Morgan fingerprint density at radius 1 is 0.268 bits per heavy atom. The van der Waals surface area contributed by atoms with Crippen LogP contribution in [0.4, 0.5) is 0 Å². The Kier molecular flexibility index (Phi) is 56.4. The highest BCUT2D eigenvalue weighted by Crippen LogP contribution is 2.19. The van der Waals surface area contributed by atoms with E-state index in [4.69, 9.17) is 14.2 Å². The highest BCUT2D eigenvalue weighted by Gasteiger charge is 2.19. The molecule has 0 rings (SSSR count). The number of ether oxygens (including phenoxy) is 3. The minimum atomic E-state index is -0.764. The van der Waals surface area contributed by atoms with Crippen molar-refractivity contribution in [2.45, 2.75) is 375 Å². The van der Waals surface area contributed by atoms with Crippen LogP contribution in [0.1, 0.15) is 369 Å². The van der Waals surface area contributed by atoms with E-state index in [2.05, 4.69) is 34.6 Å². The summed E-state index contributed by atoms with van der Waals surface area (Å²) in [5.74, 6) is 0.853. The van der Waals surface area contributed by atoms with Crippen LogP contribution in [0.2, 0.25) is 0 Å². The molecule has 6 heteroatoms. The fourth-order valence-electron chi connectivity index (χ4n) is 10.1. The molecule has 0 aromatic carbocycles. The maximum atomic E-state index is 12.9. The summed E-state index contributed by atoms with van der Waals surface area (Å²) in [7, 11) is 0. The molecular weight excluding hydrogens is 877 g/mol. The van der Waals surface area contributed by atoms with Gasteiger partial charge in [-0.3, -0.25) is 14.4 Å². The van der Waals surface area contributed by atoms with E-state index in [9.17, 15) is 14.4 Å². The van der Waals surface area contributed by atoms with Gasteiger partial charge in [0.05, 0.1) is 0 Å². The molecule has 0 radical (unpaired) electrons. The van der Waals surface area contributed by atoms with E-state index in [0.29, 0.717) is 19.3 Å². The van der Waals surface area contributed by atoms with Crippen molar-refractivity contribution in [3.8, 4) is 0 Å². The van der Waals surface area contributed by atoms with E-state index in [-0.39, 0.29) is 31.1 Å². The van der Waals surface area contributed by atoms with E-state index >= 15 is 0 Å². The van der Waals surface area contributed by atoms with Gasteiger partial charge in [0.2, 0.25) is 0 Å². The molecule has 0 saturated carbocycles. The minimum Gasteiger partial charge on any atom is -0.462 e. The first kappa shape index (κ1) is 69.4. The maximum Gasteiger partial charge on any atom is 0.306 e. The van der Waals surface area contributed by atoms with Crippen LogP contribution in [-0.4, -0.2) is 37.2 Å². The molecule has 0 amide bonds. The molecule has 0 bridgehead atoms. The second-order valence-electron chi connectivity index (χ2n) is 23.4. The lowest BCUT2D eigenvalue weighted by Crippen LogP contribution is -2.30. The number of esters is 3. The summed E-state index contributed by atoms with van der Waals surface area (Å²) in [4.78, 5) is 38.3. The first-order chi connectivity index (χ1) is 34.7. The first-order valence-corrected chi connectivity index (χ1v) is 32.2. The first-order valence-electron chi connectivity index (χ1n) is 32.2. The molecule has 0 aromatic heterocycles. The van der Waals surface area contributed by atoms with Crippen LogP contribution < -0.4 is 0 Å². The van der Waals surface area contributed by atoms with Crippen LogP contribution in [0, 0.1) is 11.8 Å². The van der Waals surface area contributed by atoms with Crippen LogP contribution in [0.5, 0.6) is 0 Å². The van der Waals surface area contributed by atoms with Crippen LogP contribution in [0.3, 0.4) is 0 Å². The molecular formula is C65H126O6. The van der Waals surface area contributed by atoms with E-state index in [1.165, 1.54) is 257 Å². The average Bonchev–Trinajstić information content (AvgIpc) is 3.35. The zero-order chi connectivity index (χ0) is 51.8. The zero-order valence-electron chi connectivity index (χ0n) is 48.9. The van der Waals surface area contributed by atoms with Gasteiger partial charge < -0.3 is 14.2 Å². The quantitative estimate of drug-likeness (QED) is 0.0343. The van der Waals surface area contributed by atoms with Crippen molar-refractivity contribution >= 4 is 17.9 Å². The van der Waals surface area contributed by atoms with Crippen molar-refractivity contribution in [3.05, 3.63) is 0 Å². The molecule has 6 nitrogen and oxygen atoms in total. The second kappa shape index (κ2) is 57.7. The smallest absolute Gasteiger partial charge is 0.306 e. The molecule has 1 atom stereocenters. The predicted octanol–water partition coefficient (Wildman–Crippen LogP) is 21.6. The standard InChI is InChI=1S/C65H126O6/c1-6-7-8-9-10-11-12-13-14-15-19-22-25-30-35-40-45-50-55-63(66)69-58-62(59-70-64(67)56-51-46-41-36-32-27-29-34-39-44-49-54-61(4)5)71-65(68)57-52-47-42-37-31-26-23-20-17-16-18-21-24-28-33-38-43-48-53-60(2)3/h60-62H,6-59H2,1-5H3/t62-/m0/s1. The SMILES string of the molecule is CCCCCCCCCCCCCCCCCCCCC(=O)OC[C@@H](COC(=O)CCCCCCCCCCCCCC(C)C)OC(=O)CCCCCCCCCCCCCCCCCCCCC(C)C. The van der Waals surface area contributed by atoms with Gasteiger partial charge in [-0.15, -0.1) is 0 Å². The van der Waals surface area contributed by atoms with Crippen LogP contribution in [-0.2, 0) is 28.6 Å². The fraction of sp³-hybridized carbons (Fsp3) is 0.954. The van der Waals surface area contributed by atoms with E-state index in [1.54, 1.807) is 0 Å². The third-order valence-corrected chi connectivity index (χ3v) is 15.0. The second-order valence-corrected chi connectivity index (χ2v) is 23.4. The van der Waals surface area contributed by atoms with E-state index < -0.39 is 6.10 Å². The Morgan fingerprint density at radius 2 is 0.465 bits per heavy atom. The summed E-state index contributed by atoms with van der Waals surface area (Å²) in [5, 5.41) is 0. The van der Waals surface area contributed by atoms with Crippen LogP contribution in [0.15, 0.2) is 0 Å². The normalized spacial score (nSPS) is 12.0. The van der Waals surface area contributed by atoms with Crippen molar-refractivity contribution in [2.24, 2.45) is 11.8 Å². The third-order valence-electron chi connectivity index (χ3n) is 15.0. The molecule has 0 N–H and O–H groups in total. The lowest BCUT2D eigenvalue weighted by atomic mass is 10.0. The predicted molar refractivity (Wildman–Crippen MR) is 307 cm³/mol. The summed E-state index contributed by atoms with van der Waals surface area (Å²) in [6.45, 7) is 11.4. The van der Waals surface area contributed by atoms with Crippen molar-refractivity contribution in [1.29, 1.82) is 0 Å². The van der Waals surface area contributed by atoms with Gasteiger partial charge in [-0.25, -0.2) is 0 Å². The van der Waals surface area contributed by atoms with Gasteiger partial charge in [-0.05, 0) is 31.1 Å². The summed E-state index contributed by atoms with van der Waals surface area (Å²) in [6, 6.07) is 0. The van der Waals surface area contributed by atoms with Crippen molar-refractivity contribution in [2.75, 3.05) is 13.2 Å². The van der Waals surface area contributed by atoms with Crippen molar-refractivity contribution in [3.63, 3.8) is 0 Å². The highest BCUT2D eigenvalue weighted by atomic mass is 16.6. The van der Waals surface area contributed by atoms with Crippen molar-refractivity contribution < 1.29 is 28.6 Å². The number of hydrogen-bond acceptors (Lipinski definition) is 6. The molecule has 0 aliphatic heterocycles. The topological polar surface area (TPSA) is 78.9 Å². The molecule has 422 valence electrons. The van der Waals surface area contributed by atoms with Crippen LogP contribution in [0.25, 0.3) is 0 Å². The van der Waals surface area contributed by atoms with E-state index in [1.807, 2.05) is 0 Å². The van der Waals surface area contributed by atoms with Crippen molar-refractivity contribution in [1.82, 2.24) is 0 Å². The Bertz CT molecular complexity index is 1090. The lowest BCUT2D eigenvalue weighted by Gasteiger charge is -2.18. The number of carbonyl (C=O) groups excluding carboxylic acids is 3. The summed E-state index contributed by atoms with van der Waals surface area (Å²) < 4.78 is 17.0. The fourth-order valence-corrected chi connectivity index (χ4v) is 10.1. The molecule has 0 saturated heterocycles. The summed E-state index contributed by atoms with van der Waals surface area (Å²) in [5.41, 5.74) is 0. The molecule has 0 aromatic rings. The average molecular weight is 1000 g/mol. The van der Waals surface area contributed by atoms with Gasteiger partial charge in [0.15, 0.2) is 6.10 Å². The molecule has 0 fully saturated rings. The number of hydrogen-bond donors (Lipinski definition) is 0. The molecule has 0 heterocycles. The number of carbonyl (C=O) groups is 3. The Hall–Kier alpha value is -1.59. The van der Waals surface area contributed by atoms with E-state index in [0.717, 1.165) is 69.6 Å². The van der Waals surface area contributed by atoms with Gasteiger partial charge in [0.1, 0.15) is 13.2 Å². The minimum absolute atomic E-state index is 0.0619. The molecule has 71 heavy (non-hydrogen) atoms. The summed E-state index contributed by atoms with van der Waals surface area (Å²) >= 11 is 0. The largest absolute Gasteiger partial charge is 0.462 e. The summed E-state index contributed by atoms with van der Waals surface area (Å²) in [6.07, 6.45) is 63.9. The van der Waals surface area contributed by atoms with Gasteiger partial charge in [0.25, 0.3) is 0 Å². The van der Waals surface area contributed by atoms with Gasteiger partial charge in [-0.2, -0.15) is 0 Å². The molecule has 0 unspecified atom stereocenters. The third kappa shape index (κ3) is 59.2. The molecule has 0 aliphatic carbocycles. The Morgan fingerprint density at radius 3 is 0.690 bits per heavy atom. The lowest BCUT2D eigenvalue weighted by molar-refractivity contribution is -0.167.